The highest BCUT2D eigenvalue weighted by molar-refractivity contribution is 5.85. The molecule has 3 heterocycles. The number of halogens is 1. The van der Waals surface area contributed by atoms with Crippen LogP contribution in [0.4, 0.5) is 0 Å². The Morgan fingerprint density at radius 2 is 1.71 bits per heavy atom. The number of benzene rings is 1. The van der Waals surface area contributed by atoms with Crippen LogP contribution in [0.3, 0.4) is 0 Å². The summed E-state index contributed by atoms with van der Waals surface area (Å²) in [6.07, 6.45) is 3.89. The van der Waals surface area contributed by atoms with Gasteiger partial charge in [0, 0.05) is 23.7 Å². The van der Waals surface area contributed by atoms with Crippen LogP contribution in [0.15, 0.2) is 54.9 Å². The van der Waals surface area contributed by atoms with Crippen molar-refractivity contribution < 1.29 is 4.74 Å². The smallest absolute Gasteiger partial charge is 0.180 e. The van der Waals surface area contributed by atoms with Gasteiger partial charge in [-0.25, -0.2) is 4.98 Å². The van der Waals surface area contributed by atoms with Crippen LogP contribution in [-0.4, -0.2) is 14.4 Å². The minimum Gasteiger partial charge on any atom is -0.485 e. The fourth-order valence-electron chi connectivity index (χ4n) is 3.35. The van der Waals surface area contributed by atoms with Gasteiger partial charge in [0.15, 0.2) is 11.4 Å². The van der Waals surface area contributed by atoms with E-state index >= 15 is 0 Å². The molecule has 0 amide bonds. The minimum absolute atomic E-state index is 0. The highest BCUT2D eigenvalue weighted by Gasteiger charge is 2.14. The van der Waals surface area contributed by atoms with Crippen LogP contribution in [0.2, 0.25) is 0 Å². The van der Waals surface area contributed by atoms with Gasteiger partial charge in [-0.3, -0.25) is 4.98 Å². The summed E-state index contributed by atoms with van der Waals surface area (Å²) in [6.45, 7) is 8.86. The van der Waals surface area contributed by atoms with Crippen molar-refractivity contribution in [1.82, 2.24) is 14.4 Å². The molecule has 0 aliphatic heterocycles. The van der Waals surface area contributed by atoms with Gasteiger partial charge in [-0.05, 0) is 62.6 Å². The van der Waals surface area contributed by atoms with Gasteiger partial charge in [-0.2, -0.15) is 0 Å². The van der Waals surface area contributed by atoms with E-state index in [1.165, 1.54) is 16.7 Å². The summed E-state index contributed by atoms with van der Waals surface area (Å²) >= 11 is 0. The van der Waals surface area contributed by atoms with Gasteiger partial charge < -0.3 is 9.14 Å². The molecule has 0 saturated heterocycles. The van der Waals surface area contributed by atoms with Crippen LogP contribution in [0.1, 0.15) is 28.1 Å². The van der Waals surface area contributed by atoms with Crippen molar-refractivity contribution in [3.63, 3.8) is 0 Å². The summed E-state index contributed by atoms with van der Waals surface area (Å²) in [4.78, 5) is 9.21. The number of aryl methyl sites for hydroxylation is 4. The van der Waals surface area contributed by atoms with Crippen molar-refractivity contribution in [3.8, 4) is 17.0 Å². The maximum absolute atomic E-state index is 6.29. The molecule has 0 saturated carbocycles. The summed E-state index contributed by atoms with van der Waals surface area (Å²) in [5, 5.41) is 0. The van der Waals surface area contributed by atoms with Gasteiger partial charge in [-0.1, -0.05) is 24.3 Å². The van der Waals surface area contributed by atoms with E-state index in [9.17, 15) is 0 Å². The molecule has 0 fully saturated rings. The first kappa shape index (κ1) is 19.9. The number of hydrogen-bond acceptors (Lipinski definition) is 3. The highest BCUT2D eigenvalue weighted by Crippen LogP contribution is 2.29. The van der Waals surface area contributed by atoms with Gasteiger partial charge in [0.1, 0.15) is 6.61 Å². The molecule has 5 heteroatoms. The second-order valence-electron chi connectivity index (χ2n) is 6.94. The van der Waals surface area contributed by atoms with Gasteiger partial charge in [0.25, 0.3) is 0 Å². The van der Waals surface area contributed by atoms with Gasteiger partial charge in [0.2, 0.25) is 0 Å². The summed E-state index contributed by atoms with van der Waals surface area (Å²) in [5.41, 5.74) is 8.59. The third-order valence-corrected chi connectivity index (χ3v) is 5.14. The molecule has 0 aliphatic rings. The van der Waals surface area contributed by atoms with E-state index in [-0.39, 0.29) is 12.4 Å². The fraction of sp³-hybridized carbons (Fsp3) is 0.217. The molecule has 4 nitrogen and oxygen atoms in total. The van der Waals surface area contributed by atoms with Crippen LogP contribution in [-0.2, 0) is 6.61 Å². The Morgan fingerprint density at radius 3 is 2.39 bits per heavy atom. The standard InChI is InChI=1S/C23H23N3O.ClH/c1-15-8-7-9-16(2)20(15)14-27-22-12-19(21-10-5-6-11-24-21)13-26-18(4)17(3)25-23(22)26;/h5-13H,14H2,1-4H3;1H. The van der Waals surface area contributed by atoms with Crippen LogP contribution in [0.5, 0.6) is 5.75 Å². The highest BCUT2D eigenvalue weighted by atomic mass is 35.5. The molecule has 0 radical (unpaired) electrons. The predicted molar refractivity (Wildman–Crippen MR) is 115 cm³/mol. The average Bonchev–Trinajstić information content (AvgIpc) is 2.96. The van der Waals surface area contributed by atoms with E-state index in [2.05, 4.69) is 54.6 Å². The minimum atomic E-state index is 0. The fourth-order valence-corrected chi connectivity index (χ4v) is 3.35. The lowest BCUT2D eigenvalue weighted by Gasteiger charge is -2.13. The Labute approximate surface area is 171 Å². The first-order chi connectivity index (χ1) is 13.0. The molecule has 28 heavy (non-hydrogen) atoms. The zero-order chi connectivity index (χ0) is 19.0. The lowest BCUT2D eigenvalue weighted by Crippen LogP contribution is -2.03. The third-order valence-electron chi connectivity index (χ3n) is 5.14. The number of imidazole rings is 1. The number of ether oxygens (including phenoxy) is 1. The third kappa shape index (κ3) is 3.60. The van der Waals surface area contributed by atoms with Crippen molar-refractivity contribution in [2.24, 2.45) is 0 Å². The lowest BCUT2D eigenvalue weighted by molar-refractivity contribution is 0.306. The second kappa shape index (κ2) is 8.03. The molecule has 0 N–H and O–H groups in total. The number of rotatable bonds is 4. The molecule has 4 aromatic rings. The Hall–Kier alpha value is -2.85. The second-order valence-corrected chi connectivity index (χ2v) is 6.94. The van der Waals surface area contributed by atoms with Crippen LogP contribution in [0, 0.1) is 27.7 Å². The van der Waals surface area contributed by atoms with Crippen molar-refractivity contribution in [3.05, 3.63) is 82.9 Å². The molecular formula is C23H24ClN3O. The maximum Gasteiger partial charge on any atom is 0.180 e. The SMILES string of the molecule is Cc1cccc(C)c1COc1cc(-c2ccccn2)cn2c(C)c(C)nc12.Cl. The first-order valence-electron chi connectivity index (χ1n) is 9.13. The Balaban J connectivity index is 0.00000225. The van der Waals surface area contributed by atoms with Gasteiger partial charge in [-0.15, -0.1) is 12.4 Å². The Kier molecular flexibility index (Phi) is 5.71. The number of hydrogen-bond donors (Lipinski definition) is 0. The average molecular weight is 394 g/mol. The molecule has 0 unspecified atom stereocenters. The Bertz CT molecular complexity index is 1100. The number of aromatic nitrogens is 3. The van der Waals surface area contributed by atoms with Crippen LogP contribution in [0.25, 0.3) is 16.9 Å². The van der Waals surface area contributed by atoms with E-state index in [0.717, 1.165) is 34.0 Å². The topological polar surface area (TPSA) is 39.4 Å². The van der Waals surface area contributed by atoms with E-state index in [1.807, 2.05) is 37.4 Å². The van der Waals surface area contributed by atoms with Crippen LogP contribution >= 0.6 is 12.4 Å². The van der Waals surface area contributed by atoms with Crippen molar-refractivity contribution >= 4 is 18.1 Å². The molecule has 0 spiro atoms. The normalized spacial score (nSPS) is 10.7. The quantitative estimate of drug-likeness (QED) is 0.451. The molecule has 144 valence electrons. The predicted octanol–water partition coefficient (Wildman–Crippen LogP) is 5.63. The molecule has 4 rings (SSSR count). The largest absolute Gasteiger partial charge is 0.485 e. The monoisotopic (exact) mass is 393 g/mol. The first-order valence-corrected chi connectivity index (χ1v) is 9.13. The van der Waals surface area contributed by atoms with Gasteiger partial charge in [0.05, 0.1) is 11.4 Å². The lowest BCUT2D eigenvalue weighted by atomic mass is 10.0. The van der Waals surface area contributed by atoms with E-state index in [4.69, 9.17) is 9.72 Å². The van der Waals surface area contributed by atoms with Crippen molar-refractivity contribution in [1.29, 1.82) is 0 Å². The molecule has 0 atom stereocenters. The van der Waals surface area contributed by atoms with Crippen molar-refractivity contribution in [2.75, 3.05) is 0 Å². The number of fused-ring (bicyclic) bond motifs is 1. The van der Waals surface area contributed by atoms with E-state index < -0.39 is 0 Å². The molecule has 0 aliphatic carbocycles. The van der Waals surface area contributed by atoms with Crippen molar-refractivity contribution in [2.45, 2.75) is 34.3 Å². The summed E-state index contributed by atoms with van der Waals surface area (Å²) in [5.74, 6) is 0.775. The maximum atomic E-state index is 6.29. The molecular weight excluding hydrogens is 370 g/mol. The zero-order valence-corrected chi connectivity index (χ0v) is 17.4. The summed E-state index contributed by atoms with van der Waals surface area (Å²) < 4.78 is 8.38. The van der Waals surface area contributed by atoms with E-state index in [1.54, 1.807) is 0 Å². The van der Waals surface area contributed by atoms with Crippen LogP contribution < -0.4 is 4.74 Å². The van der Waals surface area contributed by atoms with Gasteiger partial charge >= 0.3 is 0 Å². The Morgan fingerprint density at radius 1 is 0.964 bits per heavy atom. The van der Waals surface area contributed by atoms with E-state index in [0.29, 0.717) is 6.61 Å². The zero-order valence-electron chi connectivity index (χ0n) is 16.6. The molecule has 0 bridgehead atoms. The molecule has 1 aromatic carbocycles. The summed E-state index contributed by atoms with van der Waals surface area (Å²) in [6, 6.07) is 14.3. The summed E-state index contributed by atoms with van der Waals surface area (Å²) in [7, 11) is 0. The number of nitrogens with zero attached hydrogens (tertiary/aromatic N) is 3. The molecule has 3 aromatic heterocycles. The number of pyridine rings is 2.